The number of ether oxygens (including phenoxy) is 2. The third-order valence-electron chi connectivity index (χ3n) is 6.47. The van der Waals surface area contributed by atoms with Crippen LogP contribution in [-0.4, -0.2) is 69.6 Å². The average molecular weight is 496 g/mol. The highest BCUT2D eigenvalue weighted by atomic mass is 32.2. The summed E-state index contributed by atoms with van der Waals surface area (Å²) in [4.78, 5) is 13.9. The average Bonchev–Trinajstić information content (AvgIpc) is 2.93. The lowest BCUT2D eigenvalue weighted by molar-refractivity contribution is 0.00578. The summed E-state index contributed by atoms with van der Waals surface area (Å²) in [7, 11) is -3.04. The van der Waals surface area contributed by atoms with Crippen LogP contribution < -0.4 is 14.9 Å². The van der Waals surface area contributed by atoms with Gasteiger partial charge in [-0.05, 0) is 78.9 Å². The molecule has 2 heterocycles. The van der Waals surface area contributed by atoms with E-state index in [1.54, 1.807) is 17.0 Å². The van der Waals surface area contributed by atoms with Crippen LogP contribution in [0.5, 0.6) is 5.75 Å². The SMILES string of the molecule is COc1cc(B2OC(C)(C)C(C)(C)O2)ccc1S(=O)(=O)NC1CCN(C(=O)OC(C)(C)C)CC1. The van der Waals surface area contributed by atoms with Crippen LogP contribution >= 0.6 is 0 Å². The van der Waals surface area contributed by atoms with Gasteiger partial charge in [0.1, 0.15) is 16.2 Å². The quantitative estimate of drug-likeness (QED) is 0.626. The zero-order chi connectivity index (χ0) is 25.5. The van der Waals surface area contributed by atoms with Gasteiger partial charge in [0, 0.05) is 19.1 Å². The van der Waals surface area contributed by atoms with Gasteiger partial charge in [-0.15, -0.1) is 0 Å². The molecule has 0 radical (unpaired) electrons. The normalized spacial score (nSPS) is 20.9. The van der Waals surface area contributed by atoms with Crippen LogP contribution in [0.4, 0.5) is 4.79 Å². The number of carbonyl (C=O) groups is 1. The van der Waals surface area contributed by atoms with E-state index in [4.69, 9.17) is 18.8 Å². The molecule has 2 aliphatic heterocycles. The number of benzene rings is 1. The highest BCUT2D eigenvalue weighted by molar-refractivity contribution is 7.89. The summed E-state index contributed by atoms with van der Waals surface area (Å²) >= 11 is 0. The van der Waals surface area contributed by atoms with Gasteiger partial charge in [-0.25, -0.2) is 17.9 Å². The number of hydrogen-bond acceptors (Lipinski definition) is 7. The van der Waals surface area contributed by atoms with Crippen LogP contribution in [0.3, 0.4) is 0 Å². The molecule has 1 amide bonds. The first-order valence-electron chi connectivity index (χ1n) is 11.6. The van der Waals surface area contributed by atoms with Gasteiger partial charge >= 0.3 is 13.2 Å². The second-order valence-corrected chi connectivity index (χ2v) is 12.5. The highest BCUT2D eigenvalue weighted by Gasteiger charge is 2.52. The summed E-state index contributed by atoms with van der Waals surface area (Å²) in [5.74, 6) is 0.214. The Labute approximate surface area is 203 Å². The molecule has 0 aromatic heterocycles. The van der Waals surface area contributed by atoms with Crippen molar-refractivity contribution < 1.29 is 32.0 Å². The van der Waals surface area contributed by atoms with Crippen LogP contribution in [0.1, 0.15) is 61.3 Å². The monoisotopic (exact) mass is 496 g/mol. The van der Waals surface area contributed by atoms with Crippen LogP contribution in [0.2, 0.25) is 0 Å². The van der Waals surface area contributed by atoms with Crippen molar-refractivity contribution >= 4 is 28.7 Å². The lowest BCUT2D eigenvalue weighted by Gasteiger charge is -2.33. The third-order valence-corrected chi connectivity index (χ3v) is 8.03. The molecule has 0 atom stereocenters. The molecule has 3 rings (SSSR count). The fourth-order valence-electron chi connectivity index (χ4n) is 3.82. The minimum Gasteiger partial charge on any atom is -0.495 e. The van der Waals surface area contributed by atoms with E-state index in [1.807, 2.05) is 48.5 Å². The number of sulfonamides is 1. The summed E-state index contributed by atoms with van der Waals surface area (Å²) in [5.41, 5.74) is -0.908. The molecule has 1 aromatic rings. The Balaban J connectivity index is 1.68. The fraction of sp³-hybridized carbons (Fsp3) is 0.696. The van der Waals surface area contributed by atoms with E-state index in [1.165, 1.54) is 13.2 Å². The molecule has 2 aliphatic rings. The van der Waals surface area contributed by atoms with Crippen LogP contribution in [0.25, 0.3) is 0 Å². The van der Waals surface area contributed by atoms with Gasteiger partial charge in [0.2, 0.25) is 10.0 Å². The van der Waals surface area contributed by atoms with Gasteiger partial charge in [-0.3, -0.25) is 0 Å². The van der Waals surface area contributed by atoms with Gasteiger partial charge in [0.15, 0.2) is 0 Å². The first-order chi connectivity index (χ1) is 15.5. The van der Waals surface area contributed by atoms with E-state index in [2.05, 4.69) is 4.72 Å². The molecule has 2 fully saturated rings. The van der Waals surface area contributed by atoms with Crippen LogP contribution in [-0.2, 0) is 24.1 Å². The molecule has 2 saturated heterocycles. The highest BCUT2D eigenvalue weighted by Crippen LogP contribution is 2.37. The zero-order valence-corrected chi connectivity index (χ0v) is 22.2. The molecule has 190 valence electrons. The number of piperidine rings is 1. The van der Waals surface area contributed by atoms with Crippen molar-refractivity contribution in [2.75, 3.05) is 20.2 Å². The van der Waals surface area contributed by atoms with E-state index in [0.717, 1.165) is 0 Å². The number of amides is 1. The number of likely N-dealkylation sites (tertiary alicyclic amines) is 1. The minimum atomic E-state index is -3.85. The summed E-state index contributed by atoms with van der Waals surface area (Å²) in [6.07, 6.45) is 0.605. The number of methoxy groups -OCH3 is 1. The van der Waals surface area contributed by atoms with Gasteiger partial charge in [-0.1, -0.05) is 6.07 Å². The number of nitrogens with one attached hydrogen (secondary N) is 1. The van der Waals surface area contributed by atoms with Crippen molar-refractivity contribution in [2.24, 2.45) is 0 Å². The number of rotatable bonds is 5. The molecule has 34 heavy (non-hydrogen) atoms. The Bertz CT molecular complexity index is 997. The summed E-state index contributed by atoms with van der Waals surface area (Å²) < 4.78 is 52.1. The van der Waals surface area contributed by atoms with Gasteiger partial charge < -0.3 is 23.7 Å². The Kier molecular flexibility index (Phi) is 7.35. The van der Waals surface area contributed by atoms with E-state index >= 15 is 0 Å². The maximum absolute atomic E-state index is 13.2. The number of nitrogens with zero attached hydrogens (tertiary/aromatic N) is 1. The predicted molar refractivity (Wildman–Crippen MR) is 130 cm³/mol. The van der Waals surface area contributed by atoms with Crippen molar-refractivity contribution in [2.45, 2.75) is 89.0 Å². The summed E-state index contributed by atoms with van der Waals surface area (Å²) in [5, 5.41) is 0. The molecule has 0 bridgehead atoms. The Hall–Kier alpha value is -1.82. The maximum Gasteiger partial charge on any atom is 0.494 e. The largest absolute Gasteiger partial charge is 0.495 e. The van der Waals surface area contributed by atoms with E-state index < -0.39 is 33.9 Å². The zero-order valence-electron chi connectivity index (χ0n) is 21.4. The van der Waals surface area contributed by atoms with Crippen molar-refractivity contribution in [3.63, 3.8) is 0 Å². The Morgan fingerprint density at radius 2 is 1.68 bits per heavy atom. The van der Waals surface area contributed by atoms with Crippen molar-refractivity contribution in [3.05, 3.63) is 18.2 Å². The molecule has 11 heteroatoms. The fourth-order valence-corrected chi connectivity index (χ4v) is 5.28. The second kappa shape index (κ2) is 9.33. The molecule has 1 aromatic carbocycles. The molecule has 0 aliphatic carbocycles. The summed E-state index contributed by atoms with van der Waals surface area (Å²) in [6, 6.07) is 4.54. The molecule has 0 unspecified atom stereocenters. The van der Waals surface area contributed by atoms with E-state index in [-0.39, 0.29) is 22.8 Å². The first-order valence-corrected chi connectivity index (χ1v) is 13.1. The van der Waals surface area contributed by atoms with E-state index in [0.29, 0.717) is 31.4 Å². The molecule has 1 N–H and O–H groups in total. The molecule has 0 saturated carbocycles. The molecule has 9 nitrogen and oxygen atoms in total. The third kappa shape index (κ3) is 5.87. The molecular weight excluding hydrogens is 459 g/mol. The number of hydrogen-bond donors (Lipinski definition) is 1. The topological polar surface area (TPSA) is 103 Å². The van der Waals surface area contributed by atoms with Gasteiger partial charge in [0.25, 0.3) is 0 Å². The minimum absolute atomic E-state index is 0.0461. The molecular formula is C23H37BN2O7S. The standard InChI is InChI=1S/C23H37BN2O7S/c1-21(2,3)31-20(27)26-13-11-17(12-14-26)25-34(28,29)19-10-9-16(15-18(19)30-8)24-32-22(4,5)23(6,7)33-24/h9-10,15,17,25H,11-14H2,1-8H3. The lowest BCUT2D eigenvalue weighted by Crippen LogP contribution is -2.47. The first kappa shape index (κ1) is 26.8. The van der Waals surface area contributed by atoms with Crippen molar-refractivity contribution in [3.8, 4) is 5.75 Å². The second-order valence-electron chi connectivity index (χ2n) is 10.9. The Morgan fingerprint density at radius 3 is 2.18 bits per heavy atom. The maximum atomic E-state index is 13.2. The van der Waals surface area contributed by atoms with Gasteiger partial charge in [-0.2, -0.15) is 0 Å². The molecule has 0 spiro atoms. The van der Waals surface area contributed by atoms with E-state index in [9.17, 15) is 13.2 Å². The van der Waals surface area contributed by atoms with Crippen LogP contribution in [0, 0.1) is 0 Å². The van der Waals surface area contributed by atoms with Gasteiger partial charge in [0.05, 0.1) is 18.3 Å². The smallest absolute Gasteiger partial charge is 0.494 e. The summed E-state index contributed by atoms with van der Waals surface area (Å²) in [6.45, 7) is 14.1. The van der Waals surface area contributed by atoms with Crippen molar-refractivity contribution in [1.82, 2.24) is 9.62 Å². The predicted octanol–water partition coefficient (Wildman–Crippen LogP) is 2.67. The lowest BCUT2D eigenvalue weighted by atomic mass is 9.79. The number of carbonyl (C=O) groups excluding carboxylic acids is 1. The van der Waals surface area contributed by atoms with Crippen LogP contribution in [0.15, 0.2) is 23.1 Å². The van der Waals surface area contributed by atoms with Crippen molar-refractivity contribution in [1.29, 1.82) is 0 Å². The Morgan fingerprint density at radius 1 is 1.12 bits per heavy atom.